The van der Waals surface area contributed by atoms with Crippen LogP contribution in [-0.4, -0.2) is 17.6 Å². The fraction of sp³-hybridized carbons (Fsp3) is 0.966. The van der Waals surface area contributed by atoms with E-state index in [1.165, 1.54) is 141 Å². The Bertz CT molecular complexity index is 372. The average Bonchev–Trinajstić information content (AvgIpc) is 2.79. The van der Waals surface area contributed by atoms with Crippen molar-refractivity contribution in [1.82, 2.24) is 0 Å². The van der Waals surface area contributed by atoms with Crippen LogP contribution in [0.25, 0.3) is 0 Å². The lowest BCUT2D eigenvalue weighted by Crippen LogP contribution is -2.26. The summed E-state index contributed by atoms with van der Waals surface area (Å²) in [5.74, 6) is -0.698. The van der Waals surface area contributed by atoms with Gasteiger partial charge in [-0.3, -0.25) is 4.79 Å². The van der Waals surface area contributed by atoms with Crippen molar-refractivity contribution in [3.63, 3.8) is 0 Å². The van der Waals surface area contributed by atoms with Gasteiger partial charge < -0.3 is 10.8 Å². The number of rotatable bonds is 27. The number of primary amides is 1. The Morgan fingerprint density at radius 3 is 1.00 bits per heavy atom. The number of hydrogen-bond donors (Lipinski definition) is 2. The van der Waals surface area contributed by atoms with E-state index in [9.17, 15) is 4.79 Å². The molecule has 0 saturated carbocycles. The summed E-state index contributed by atoms with van der Waals surface area (Å²) in [5, 5.41) is 9.08. The quantitative estimate of drug-likeness (QED) is 0.122. The summed E-state index contributed by atoms with van der Waals surface area (Å²) in [4.78, 5) is 11.1. The highest BCUT2D eigenvalue weighted by atomic mass is 16.3. The van der Waals surface area contributed by atoms with Crippen LogP contribution in [0.3, 0.4) is 0 Å². The molecule has 0 aromatic carbocycles. The van der Waals surface area contributed by atoms with Crippen molar-refractivity contribution in [1.29, 1.82) is 0 Å². The zero-order valence-electron chi connectivity index (χ0n) is 21.9. The fourth-order valence-corrected chi connectivity index (χ4v) is 4.68. The van der Waals surface area contributed by atoms with Crippen molar-refractivity contribution in [2.75, 3.05) is 6.61 Å². The first kappa shape index (κ1) is 31.4. The van der Waals surface area contributed by atoms with Crippen molar-refractivity contribution in [3.8, 4) is 0 Å². The summed E-state index contributed by atoms with van der Waals surface area (Å²) in [6.07, 6.45) is 34.1. The molecule has 0 heterocycles. The highest BCUT2D eigenvalue weighted by Crippen LogP contribution is 2.16. The van der Waals surface area contributed by atoms with E-state index in [1.807, 2.05) is 0 Å². The number of aliphatic hydroxyl groups excluding tert-OH is 1. The number of nitrogens with two attached hydrogens (primary N) is 1. The molecule has 0 aliphatic carbocycles. The predicted octanol–water partition coefficient (Wildman–Crippen LogP) is 8.85. The van der Waals surface area contributed by atoms with Gasteiger partial charge in [-0.25, -0.2) is 0 Å². The third kappa shape index (κ3) is 24.1. The number of carbonyl (C=O) groups is 1. The van der Waals surface area contributed by atoms with Gasteiger partial charge in [0.1, 0.15) is 0 Å². The van der Waals surface area contributed by atoms with Crippen LogP contribution in [0.15, 0.2) is 0 Å². The number of aliphatic hydroxyl groups is 1. The van der Waals surface area contributed by atoms with Crippen molar-refractivity contribution in [2.24, 2.45) is 11.7 Å². The SMILES string of the molecule is CCCCCCCCCCCCCCCCCCCCCCCCCCC(CO)C(N)=O. The first-order valence-electron chi connectivity index (χ1n) is 14.6. The minimum Gasteiger partial charge on any atom is -0.396 e. The highest BCUT2D eigenvalue weighted by molar-refractivity contribution is 5.76. The van der Waals surface area contributed by atoms with E-state index in [0.29, 0.717) is 0 Å². The number of hydrogen-bond acceptors (Lipinski definition) is 2. The number of carbonyl (C=O) groups excluding carboxylic acids is 1. The molecule has 0 saturated heterocycles. The van der Waals surface area contributed by atoms with Crippen molar-refractivity contribution < 1.29 is 9.90 Å². The maximum atomic E-state index is 11.1. The van der Waals surface area contributed by atoms with Gasteiger partial charge in [0.25, 0.3) is 0 Å². The largest absolute Gasteiger partial charge is 0.396 e. The van der Waals surface area contributed by atoms with Crippen LogP contribution in [-0.2, 0) is 4.79 Å². The highest BCUT2D eigenvalue weighted by Gasteiger charge is 2.12. The second-order valence-electron chi connectivity index (χ2n) is 10.2. The smallest absolute Gasteiger partial charge is 0.222 e. The molecule has 3 nitrogen and oxygen atoms in total. The Hall–Kier alpha value is -0.570. The molecule has 1 atom stereocenters. The Labute approximate surface area is 201 Å². The van der Waals surface area contributed by atoms with Gasteiger partial charge in [0.15, 0.2) is 0 Å². The molecule has 0 spiro atoms. The van der Waals surface area contributed by atoms with Crippen LogP contribution in [0, 0.1) is 5.92 Å². The van der Waals surface area contributed by atoms with Gasteiger partial charge in [0.05, 0.1) is 12.5 Å². The summed E-state index contributed by atoms with van der Waals surface area (Å²) in [5.41, 5.74) is 5.25. The summed E-state index contributed by atoms with van der Waals surface area (Å²) in [7, 11) is 0. The van der Waals surface area contributed by atoms with E-state index >= 15 is 0 Å². The summed E-state index contributed by atoms with van der Waals surface area (Å²) in [6.45, 7) is 2.19. The Kier molecular flexibility index (Phi) is 26.2. The van der Waals surface area contributed by atoms with E-state index in [2.05, 4.69) is 6.92 Å². The third-order valence-electron chi connectivity index (χ3n) is 7.03. The molecule has 3 heteroatoms. The van der Waals surface area contributed by atoms with Gasteiger partial charge in [-0.05, 0) is 6.42 Å². The van der Waals surface area contributed by atoms with Gasteiger partial charge >= 0.3 is 0 Å². The maximum Gasteiger partial charge on any atom is 0.222 e. The molecule has 0 aromatic heterocycles. The summed E-state index contributed by atoms with van der Waals surface area (Å²) < 4.78 is 0. The van der Waals surface area contributed by atoms with Gasteiger partial charge in [-0.2, -0.15) is 0 Å². The molecule has 0 rings (SSSR count). The molecule has 1 amide bonds. The molecule has 32 heavy (non-hydrogen) atoms. The van der Waals surface area contributed by atoms with E-state index < -0.39 is 0 Å². The molecule has 0 radical (unpaired) electrons. The number of amides is 1. The fourth-order valence-electron chi connectivity index (χ4n) is 4.68. The lowest BCUT2D eigenvalue weighted by molar-refractivity contribution is -0.123. The molecule has 1 unspecified atom stereocenters. The summed E-state index contributed by atoms with van der Waals surface area (Å²) in [6, 6.07) is 0. The second kappa shape index (κ2) is 26.7. The van der Waals surface area contributed by atoms with Gasteiger partial charge in [0.2, 0.25) is 5.91 Å². The second-order valence-corrected chi connectivity index (χ2v) is 10.2. The average molecular weight is 454 g/mol. The molecule has 3 N–H and O–H groups in total. The van der Waals surface area contributed by atoms with Crippen LogP contribution in [0.1, 0.15) is 167 Å². The van der Waals surface area contributed by atoms with Crippen LogP contribution in [0.2, 0.25) is 0 Å². The molecular weight excluding hydrogens is 394 g/mol. The van der Waals surface area contributed by atoms with Crippen LogP contribution in [0.5, 0.6) is 0 Å². The molecule has 0 aliphatic rings. The molecule has 0 bridgehead atoms. The number of unbranched alkanes of at least 4 members (excludes halogenated alkanes) is 23. The molecular formula is C29H59NO2. The predicted molar refractivity (Wildman–Crippen MR) is 141 cm³/mol. The lowest BCUT2D eigenvalue weighted by Gasteiger charge is -2.09. The van der Waals surface area contributed by atoms with E-state index in [1.54, 1.807) is 0 Å². The van der Waals surface area contributed by atoms with E-state index in [-0.39, 0.29) is 18.4 Å². The monoisotopic (exact) mass is 453 g/mol. The zero-order chi connectivity index (χ0) is 23.5. The zero-order valence-corrected chi connectivity index (χ0v) is 21.9. The minimum atomic E-state index is -0.360. The van der Waals surface area contributed by atoms with Crippen molar-refractivity contribution >= 4 is 5.91 Å². The van der Waals surface area contributed by atoms with E-state index in [0.717, 1.165) is 19.3 Å². The van der Waals surface area contributed by atoms with Gasteiger partial charge in [-0.1, -0.05) is 161 Å². The van der Waals surface area contributed by atoms with Crippen LogP contribution in [0.4, 0.5) is 0 Å². The normalized spacial score (nSPS) is 12.3. The Balaban J connectivity index is 3.09. The topological polar surface area (TPSA) is 63.3 Å². The molecule has 0 aromatic rings. The Morgan fingerprint density at radius 1 is 0.531 bits per heavy atom. The third-order valence-corrected chi connectivity index (χ3v) is 7.03. The van der Waals surface area contributed by atoms with Crippen molar-refractivity contribution in [2.45, 2.75) is 167 Å². The van der Waals surface area contributed by atoms with Crippen LogP contribution < -0.4 is 5.73 Å². The van der Waals surface area contributed by atoms with Crippen LogP contribution >= 0.6 is 0 Å². The minimum absolute atomic E-state index is 0.102. The maximum absolute atomic E-state index is 11.1. The lowest BCUT2D eigenvalue weighted by atomic mass is 10.00. The Morgan fingerprint density at radius 2 is 0.781 bits per heavy atom. The summed E-state index contributed by atoms with van der Waals surface area (Å²) >= 11 is 0. The van der Waals surface area contributed by atoms with Gasteiger partial charge in [0, 0.05) is 0 Å². The van der Waals surface area contributed by atoms with Gasteiger partial charge in [-0.15, -0.1) is 0 Å². The van der Waals surface area contributed by atoms with E-state index in [4.69, 9.17) is 10.8 Å². The first-order chi connectivity index (χ1) is 15.7. The molecule has 0 aliphatic heterocycles. The van der Waals surface area contributed by atoms with Crippen molar-refractivity contribution in [3.05, 3.63) is 0 Å². The standard InChI is InChI=1S/C29H59NO2/c1-2-3-4-5-6-7-8-9-10-11-12-13-14-15-16-17-18-19-20-21-22-23-24-25-26-28(27-31)29(30)32/h28,31H,2-27H2,1H3,(H2,30,32). The molecule has 0 fully saturated rings. The first-order valence-corrected chi connectivity index (χ1v) is 14.6. The molecule has 192 valence electrons.